The number of rotatable bonds is 3. The molecule has 0 aliphatic rings. The van der Waals surface area contributed by atoms with Gasteiger partial charge in [-0.15, -0.1) is 0 Å². The van der Waals surface area contributed by atoms with Crippen LogP contribution in [0.3, 0.4) is 0 Å². The fourth-order valence-electron chi connectivity index (χ4n) is 1.33. The Bertz CT molecular complexity index is 592. The van der Waals surface area contributed by atoms with Crippen LogP contribution in [0.5, 0.6) is 0 Å². The predicted octanol–water partition coefficient (Wildman–Crippen LogP) is 2.19. The molecule has 0 spiro atoms. The lowest BCUT2D eigenvalue weighted by molar-refractivity contribution is 0.601. The van der Waals surface area contributed by atoms with Gasteiger partial charge in [0.05, 0.1) is 0 Å². The minimum absolute atomic E-state index is 0.159. The van der Waals surface area contributed by atoms with E-state index in [2.05, 4.69) is 9.71 Å². The average Bonchev–Trinajstić information content (AvgIpc) is 2.30. The maximum Gasteiger partial charge on any atom is 0.263 e. The molecule has 0 bridgehead atoms. The number of para-hydroxylation sites is 1. The van der Waals surface area contributed by atoms with Crippen molar-refractivity contribution in [1.82, 2.24) is 4.98 Å². The van der Waals surface area contributed by atoms with Crippen molar-refractivity contribution < 1.29 is 8.42 Å². The highest BCUT2D eigenvalue weighted by Crippen LogP contribution is 2.14. The van der Waals surface area contributed by atoms with E-state index in [1.165, 1.54) is 12.3 Å². The van der Waals surface area contributed by atoms with Crippen LogP contribution in [0.1, 0.15) is 5.69 Å². The molecule has 0 radical (unpaired) electrons. The third-order valence-electron chi connectivity index (χ3n) is 2.22. The van der Waals surface area contributed by atoms with Gasteiger partial charge < -0.3 is 0 Å². The molecule has 2 rings (SSSR count). The number of nitrogens with one attached hydrogen (secondary N) is 1. The molecule has 0 amide bonds. The van der Waals surface area contributed by atoms with Crippen LogP contribution in [0.2, 0.25) is 0 Å². The Hall–Kier alpha value is -1.88. The third-order valence-corrected chi connectivity index (χ3v) is 3.59. The van der Waals surface area contributed by atoms with Gasteiger partial charge in [-0.05, 0) is 31.2 Å². The third kappa shape index (κ3) is 2.82. The molecule has 1 aromatic carbocycles. The molecule has 1 heterocycles. The predicted molar refractivity (Wildman–Crippen MR) is 66.2 cm³/mol. The number of aromatic nitrogens is 1. The largest absolute Gasteiger partial charge is 0.280 e. The second-order valence-electron chi connectivity index (χ2n) is 3.61. The van der Waals surface area contributed by atoms with Crippen LogP contribution in [-0.4, -0.2) is 13.4 Å². The van der Waals surface area contributed by atoms with Gasteiger partial charge in [-0.1, -0.05) is 18.2 Å². The Morgan fingerprint density at radius 1 is 1.06 bits per heavy atom. The molecule has 4 nitrogen and oxygen atoms in total. The lowest BCUT2D eigenvalue weighted by Gasteiger charge is -2.07. The van der Waals surface area contributed by atoms with E-state index < -0.39 is 10.0 Å². The SMILES string of the molecule is Cc1ccc(S(=O)(=O)Nc2ccccc2)cn1. The highest BCUT2D eigenvalue weighted by molar-refractivity contribution is 7.92. The van der Waals surface area contributed by atoms with E-state index in [9.17, 15) is 8.42 Å². The van der Waals surface area contributed by atoms with Crippen molar-refractivity contribution in [2.45, 2.75) is 11.8 Å². The molecule has 1 aromatic heterocycles. The second kappa shape index (κ2) is 4.55. The van der Waals surface area contributed by atoms with Crippen molar-refractivity contribution in [3.8, 4) is 0 Å². The molecule has 0 atom stereocenters. The normalized spacial score (nSPS) is 11.1. The Kier molecular flexibility index (Phi) is 3.10. The fourth-order valence-corrected chi connectivity index (χ4v) is 2.34. The van der Waals surface area contributed by atoms with E-state index in [1.807, 2.05) is 6.07 Å². The number of pyridine rings is 1. The molecular weight excluding hydrogens is 236 g/mol. The lowest BCUT2D eigenvalue weighted by atomic mass is 10.3. The number of benzene rings is 1. The van der Waals surface area contributed by atoms with E-state index >= 15 is 0 Å². The van der Waals surface area contributed by atoms with Crippen LogP contribution in [0, 0.1) is 6.92 Å². The standard InChI is InChI=1S/C12H12N2O2S/c1-10-7-8-12(9-13-10)17(15,16)14-11-5-3-2-4-6-11/h2-9,14H,1H3. The van der Waals surface area contributed by atoms with E-state index in [-0.39, 0.29) is 4.90 Å². The van der Waals surface area contributed by atoms with Crippen LogP contribution in [0.25, 0.3) is 0 Å². The first-order valence-electron chi connectivity index (χ1n) is 5.08. The van der Waals surface area contributed by atoms with Crippen molar-refractivity contribution in [2.24, 2.45) is 0 Å². The monoisotopic (exact) mass is 248 g/mol. The number of nitrogens with zero attached hydrogens (tertiary/aromatic N) is 1. The smallest absolute Gasteiger partial charge is 0.263 e. The number of anilines is 1. The molecule has 0 aliphatic heterocycles. The summed E-state index contributed by atoms with van der Waals surface area (Å²) in [6.45, 7) is 1.81. The first-order valence-corrected chi connectivity index (χ1v) is 6.57. The minimum atomic E-state index is -3.54. The van der Waals surface area contributed by atoms with Gasteiger partial charge in [0.15, 0.2) is 0 Å². The molecular formula is C12H12N2O2S. The summed E-state index contributed by atoms with van der Waals surface area (Å²) in [4.78, 5) is 4.13. The van der Waals surface area contributed by atoms with E-state index in [0.29, 0.717) is 5.69 Å². The summed E-state index contributed by atoms with van der Waals surface area (Å²) in [5.41, 5.74) is 1.32. The summed E-state index contributed by atoms with van der Waals surface area (Å²) in [7, 11) is -3.54. The molecule has 2 aromatic rings. The van der Waals surface area contributed by atoms with Crippen molar-refractivity contribution in [1.29, 1.82) is 0 Å². The first kappa shape index (κ1) is 11.6. The highest BCUT2D eigenvalue weighted by Gasteiger charge is 2.13. The van der Waals surface area contributed by atoms with Crippen molar-refractivity contribution >= 4 is 15.7 Å². The number of aryl methyl sites for hydroxylation is 1. The maximum atomic E-state index is 12.0. The van der Waals surface area contributed by atoms with Crippen molar-refractivity contribution in [2.75, 3.05) is 4.72 Å². The van der Waals surface area contributed by atoms with Gasteiger partial charge >= 0.3 is 0 Å². The van der Waals surface area contributed by atoms with Gasteiger partial charge in [0.25, 0.3) is 10.0 Å². The Morgan fingerprint density at radius 3 is 2.35 bits per heavy atom. The minimum Gasteiger partial charge on any atom is -0.280 e. The Morgan fingerprint density at radius 2 is 1.76 bits per heavy atom. The summed E-state index contributed by atoms with van der Waals surface area (Å²) >= 11 is 0. The van der Waals surface area contributed by atoms with Gasteiger partial charge in [-0.25, -0.2) is 8.42 Å². The van der Waals surface area contributed by atoms with Gasteiger partial charge in [0, 0.05) is 17.6 Å². The lowest BCUT2D eigenvalue weighted by Crippen LogP contribution is -2.13. The topological polar surface area (TPSA) is 59.1 Å². The van der Waals surface area contributed by atoms with Crippen LogP contribution >= 0.6 is 0 Å². The highest BCUT2D eigenvalue weighted by atomic mass is 32.2. The first-order chi connectivity index (χ1) is 8.08. The van der Waals surface area contributed by atoms with Gasteiger partial charge in [0.2, 0.25) is 0 Å². The van der Waals surface area contributed by atoms with Crippen LogP contribution in [0.15, 0.2) is 53.6 Å². The van der Waals surface area contributed by atoms with Crippen LogP contribution in [0.4, 0.5) is 5.69 Å². The van der Waals surface area contributed by atoms with Crippen LogP contribution < -0.4 is 4.72 Å². The zero-order valence-electron chi connectivity index (χ0n) is 9.29. The molecule has 0 saturated carbocycles. The summed E-state index contributed by atoms with van der Waals surface area (Å²) in [6.07, 6.45) is 1.35. The summed E-state index contributed by atoms with van der Waals surface area (Å²) in [6, 6.07) is 12.0. The van der Waals surface area contributed by atoms with Crippen LogP contribution in [-0.2, 0) is 10.0 Å². The number of hydrogen-bond donors (Lipinski definition) is 1. The molecule has 0 fully saturated rings. The number of hydrogen-bond acceptors (Lipinski definition) is 3. The zero-order chi connectivity index (χ0) is 12.3. The molecule has 0 unspecified atom stereocenters. The Balaban J connectivity index is 2.29. The summed E-state index contributed by atoms with van der Waals surface area (Å²) < 4.78 is 26.4. The zero-order valence-corrected chi connectivity index (χ0v) is 10.1. The molecule has 0 aliphatic carbocycles. The van der Waals surface area contributed by atoms with E-state index in [4.69, 9.17) is 0 Å². The fraction of sp³-hybridized carbons (Fsp3) is 0.0833. The van der Waals surface area contributed by atoms with Gasteiger partial charge in [-0.3, -0.25) is 9.71 Å². The van der Waals surface area contributed by atoms with Gasteiger partial charge in [-0.2, -0.15) is 0 Å². The quantitative estimate of drug-likeness (QED) is 0.905. The molecule has 17 heavy (non-hydrogen) atoms. The maximum absolute atomic E-state index is 12.0. The van der Waals surface area contributed by atoms with E-state index in [1.54, 1.807) is 37.3 Å². The molecule has 88 valence electrons. The summed E-state index contributed by atoms with van der Waals surface area (Å²) in [5.74, 6) is 0. The molecule has 1 N–H and O–H groups in total. The van der Waals surface area contributed by atoms with Gasteiger partial charge in [0.1, 0.15) is 4.90 Å². The molecule has 0 saturated heterocycles. The number of sulfonamides is 1. The van der Waals surface area contributed by atoms with Crippen molar-refractivity contribution in [3.63, 3.8) is 0 Å². The second-order valence-corrected chi connectivity index (χ2v) is 5.29. The average molecular weight is 248 g/mol. The summed E-state index contributed by atoms with van der Waals surface area (Å²) in [5, 5.41) is 0. The van der Waals surface area contributed by atoms with E-state index in [0.717, 1.165) is 5.69 Å². The Labute approximate surface area is 100 Å². The van der Waals surface area contributed by atoms with Crippen molar-refractivity contribution in [3.05, 3.63) is 54.4 Å². The molecule has 5 heteroatoms.